The van der Waals surface area contributed by atoms with E-state index < -0.39 is 6.04 Å². The highest BCUT2D eigenvalue weighted by Gasteiger charge is 2.47. The van der Waals surface area contributed by atoms with E-state index >= 15 is 0 Å². The van der Waals surface area contributed by atoms with E-state index in [4.69, 9.17) is 0 Å². The van der Waals surface area contributed by atoms with Crippen LogP contribution in [0.4, 0.5) is 0 Å². The van der Waals surface area contributed by atoms with Crippen LogP contribution in [-0.4, -0.2) is 34.8 Å². The second-order valence-electron chi connectivity index (χ2n) is 7.52. The minimum atomic E-state index is -0.426. The molecule has 1 aliphatic heterocycles. The largest absolute Gasteiger partial charge is 0.342 e. The number of carbonyl (C=O) groups is 2. The first-order valence-corrected chi connectivity index (χ1v) is 8.27. The average molecular weight is 296 g/mol. The predicted molar refractivity (Wildman–Crippen MR) is 85.8 cm³/mol. The van der Waals surface area contributed by atoms with Gasteiger partial charge in [-0.3, -0.25) is 9.59 Å². The minimum Gasteiger partial charge on any atom is -0.342 e. The molecule has 1 saturated heterocycles. The first-order chi connectivity index (χ1) is 9.65. The van der Waals surface area contributed by atoms with E-state index in [1.165, 1.54) is 0 Å². The van der Waals surface area contributed by atoms with Crippen molar-refractivity contribution in [2.24, 2.45) is 11.3 Å². The third kappa shape index (κ3) is 3.78. The molecule has 122 valence electrons. The van der Waals surface area contributed by atoms with Crippen LogP contribution < -0.4 is 5.32 Å². The number of piperazine rings is 1. The van der Waals surface area contributed by atoms with Gasteiger partial charge in [-0.15, -0.1) is 0 Å². The second kappa shape index (κ2) is 6.80. The van der Waals surface area contributed by atoms with Crippen molar-refractivity contribution >= 4 is 11.8 Å². The van der Waals surface area contributed by atoms with Crippen LogP contribution in [0.5, 0.6) is 0 Å². The Balaban J connectivity index is 3.17. The molecule has 0 aromatic rings. The third-order valence-corrected chi connectivity index (χ3v) is 4.59. The molecule has 1 rings (SSSR count). The highest BCUT2D eigenvalue weighted by atomic mass is 16.2. The van der Waals surface area contributed by atoms with Gasteiger partial charge in [0.1, 0.15) is 12.1 Å². The molecule has 0 bridgehead atoms. The van der Waals surface area contributed by atoms with Crippen LogP contribution in [0.3, 0.4) is 0 Å². The summed E-state index contributed by atoms with van der Waals surface area (Å²) in [7, 11) is 0. The van der Waals surface area contributed by atoms with Gasteiger partial charge >= 0.3 is 0 Å². The molecular weight excluding hydrogens is 264 g/mol. The van der Waals surface area contributed by atoms with Gasteiger partial charge in [0.25, 0.3) is 0 Å². The second-order valence-corrected chi connectivity index (χ2v) is 7.52. The lowest BCUT2D eigenvalue weighted by Gasteiger charge is -2.47. The molecule has 4 nitrogen and oxygen atoms in total. The van der Waals surface area contributed by atoms with Crippen LogP contribution in [0.25, 0.3) is 0 Å². The molecule has 1 heterocycles. The molecule has 0 spiro atoms. The number of nitrogens with one attached hydrogen (secondary N) is 1. The monoisotopic (exact) mass is 296 g/mol. The van der Waals surface area contributed by atoms with E-state index in [0.717, 1.165) is 19.3 Å². The Hall–Kier alpha value is -1.06. The summed E-state index contributed by atoms with van der Waals surface area (Å²) in [4.78, 5) is 27.5. The molecule has 1 N–H and O–H groups in total. The molecule has 0 aromatic heterocycles. The summed E-state index contributed by atoms with van der Waals surface area (Å²) in [6.07, 6.45) is 2.84. The summed E-state index contributed by atoms with van der Waals surface area (Å²) >= 11 is 0. The molecule has 21 heavy (non-hydrogen) atoms. The quantitative estimate of drug-likeness (QED) is 0.848. The van der Waals surface area contributed by atoms with Gasteiger partial charge in [-0.05, 0) is 24.7 Å². The van der Waals surface area contributed by atoms with Crippen LogP contribution in [-0.2, 0) is 9.59 Å². The van der Waals surface area contributed by atoms with Gasteiger partial charge in [0, 0.05) is 6.04 Å². The van der Waals surface area contributed by atoms with Crippen LogP contribution >= 0.6 is 0 Å². The molecule has 2 amide bonds. The van der Waals surface area contributed by atoms with Crippen LogP contribution in [0.2, 0.25) is 0 Å². The van der Waals surface area contributed by atoms with Crippen LogP contribution in [0, 0.1) is 11.3 Å². The number of rotatable bonds is 5. The van der Waals surface area contributed by atoms with Crippen molar-refractivity contribution in [3.8, 4) is 0 Å². The maximum absolute atomic E-state index is 13.0. The van der Waals surface area contributed by atoms with Crippen LogP contribution in [0.1, 0.15) is 67.7 Å². The number of hydrogen-bond acceptors (Lipinski definition) is 2. The molecule has 1 fully saturated rings. The molecule has 0 aromatic carbocycles. The molecule has 0 radical (unpaired) electrons. The normalized spacial score (nSPS) is 26.5. The van der Waals surface area contributed by atoms with Crippen molar-refractivity contribution in [3.63, 3.8) is 0 Å². The Kier molecular flexibility index (Phi) is 5.83. The van der Waals surface area contributed by atoms with E-state index in [-0.39, 0.29) is 35.2 Å². The maximum Gasteiger partial charge on any atom is 0.246 e. The Labute approximate surface area is 129 Å². The van der Waals surface area contributed by atoms with E-state index in [1.54, 1.807) is 0 Å². The summed E-state index contributed by atoms with van der Waals surface area (Å²) in [5, 5.41) is 2.97. The lowest BCUT2D eigenvalue weighted by atomic mass is 9.81. The fourth-order valence-electron chi connectivity index (χ4n) is 3.09. The molecule has 0 aliphatic carbocycles. The zero-order chi connectivity index (χ0) is 16.4. The smallest absolute Gasteiger partial charge is 0.246 e. The molecule has 0 saturated carbocycles. The minimum absolute atomic E-state index is 0.00632. The molecule has 1 aliphatic rings. The van der Waals surface area contributed by atoms with Gasteiger partial charge in [-0.25, -0.2) is 0 Å². The lowest BCUT2D eigenvalue weighted by Crippen LogP contribution is -2.69. The zero-order valence-electron chi connectivity index (χ0n) is 14.7. The first kappa shape index (κ1) is 18.0. The Bertz CT molecular complexity index is 387. The number of nitrogens with zero attached hydrogens (tertiary/aromatic N) is 1. The highest BCUT2D eigenvalue weighted by Crippen LogP contribution is 2.30. The number of carbonyl (C=O) groups excluding carboxylic acids is 2. The van der Waals surface area contributed by atoms with Crippen molar-refractivity contribution in [1.29, 1.82) is 0 Å². The van der Waals surface area contributed by atoms with Crippen molar-refractivity contribution in [3.05, 3.63) is 0 Å². The van der Waals surface area contributed by atoms with Crippen molar-refractivity contribution in [1.82, 2.24) is 10.2 Å². The van der Waals surface area contributed by atoms with Crippen molar-refractivity contribution in [2.45, 2.75) is 85.9 Å². The molecular formula is C17H32N2O2. The van der Waals surface area contributed by atoms with E-state index in [0.29, 0.717) is 0 Å². The summed E-state index contributed by atoms with van der Waals surface area (Å²) < 4.78 is 0. The highest BCUT2D eigenvalue weighted by molar-refractivity contribution is 5.97. The van der Waals surface area contributed by atoms with Gasteiger partial charge in [0.2, 0.25) is 11.8 Å². The third-order valence-electron chi connectivity index (χ3n) is 4.59. The topological polar surface area (TPSA) is 49.4 Å². The fourth-order valence-corrected chi connectivity index (χ4v) is 3.09. The van der Waals surface area contributed by atoms with Gasteiger partial charge in [-0.1, -0.05) is 54.4 Å². The summed E-state index contributed by atoms with van der Waals surface area (Å²) in [6, 6.07) is -0.648. The lowest BCUT2D eigenvalue weighted by molar-refractivity contribution is -0.157. The SMILES string of the molecule is CCCC(C)N1C(=O)C(C(C)(C)C)NC(=O)C1C(C)CC. The summed E-state index contributed by atoms with van der Waals surface area (Å²) in [5.74, 6) is 0.259. The van der Waals surface area contributed by atoms with E-state index in [1.807, 2.05) is 25.7 Å². The van der Waals surface area contributed by atoms with Crippen molar-refractivity contribution in [2.75, 3.05) is 0 Å². The predicted octanol–water partition coefficient (Wildman–Crippen LogP) is 2.96. The zero-order valence-corrected chi connectivity index (χ0v) is 14.7. The first-order valence-electron chi connectivity index (χ1n) is 8.27. The Morgan fingerprint density at radius 1 is 1.19 bits per heavy atom. The van der Waals surface area contributed by atoms with Crippen molar-refractivity contribution < 1.29 is 9.59 Å². The molecule has 4 atom stereocenters. The van der Waals surface area contributed by atoms with Gasteiger partial charge < -0.3 is 10.2 Å². The van der Waals surface area contributed by atoms with E-state index in [9.17, 15) is 9.59 Å². The van der Waals surface area contributed by atoms with E-state index in [2.05, 4.69) is 33.0 Å². The molecule has 4 heteroatoms. The summed E-state index contributed by atoms with van der Waals surface area (Å²) in [6.45, 7) is 14.3. The molecule has 4 unspecified atom stereocenters. The fraction of sp³-hybridized carbons (Fsp3) is 0.882. The van der Waals surface area contributed by atoms with Gasteiger partial charge in [0.05, 0.1) is 0 Å². The van der Waals surface area contributed by atoms with Gasteiger partial charge in [0.15, 0.2) is 0 Å². The Morgan fingerprint density at radius 2 is 1.76 bits per heavy atom. The maximum atomic E-state index is 13.0. The Morgan fingerprint density at radius 3 is 2.19 bits per heavy atom. The number of hydrogen-bond donors (Lipinski definition) is 1. The summed E-state index contributed by atoms with van der Waals surface area (Å²) in [5.41, 5.74) is -0.267. The number of amides is 2. The van der Waals surface area contributed by atoms with Gasteiger partial charge in [-0.2, -0.15) is 0 Å². The van der Waals surface area contributed by atoms with Crippen LogP contribution in [0.15, 0.2) is 0 Å². The standard InChI is InChI=1S/C17H32N2O2/c1-8-10-12(4)19-13(11(3)9-2)15(20)18-14(16(19)21)17(5,6)7/h11-14H,8-10H2,1-7H3,(H,18,20). The average Bonchev–Trinajstić information content (AvgIpc) is 2.38.